The lowest BCUT2D eigenvalue weighted by atomic mass is 10.3. The number of anilines is 2. The standard InChI is InChI=1S/C15H15FN2O3S2/c1-10(19)17-14-9-13(6-7-15(14)22-2)23(20,21)18-12-5-3-4-11(16)8-12/h3-9,18H,1-2H3,(H,17,19). The molecule has 0 unspecified atom stereocenters. The van der Waals surface area contributed by atoms with E-state index in [1.807, 2.05) is 6.26 Å². The molecular formula is C15H15FN2O3S2. The van der Waals surface area contributed by atoms with E-state index in [4.69, 9.17) is 0 Å². The van der Waals surface area contributed by atoms with Crippen LogP contribution in [0, 0.1) is 5.82 Å². The SMILES string of the molecule is CSc1ccc(S(=O)(=O)Nc2cccc(F)c2)cc1NC(C)=O. The van der Waals surface area contributed by atoms with Gasteiger partial charge in [-0.05, 0) is 42.7 Å². The molecule has 0 aliphatic heterocycles. The molecule has 122 valence electrons. The fourth-order valence-corrected chi connectivity index (χ4v) is 3.52. The molecule has 0 bridgehead atoms. The first-order valence-corrected chi connectivity index (χ1v) is 9.26. The van der Waals surface area contributed by atoms with Gasteiger partial charge in [0, 0.05) is 11.8 Å². The van der Waals surface area contributed by atoms with E-state index in [2.05, 4.69) is 10.0 Å². The summed E-state index contributed by atoms with van der Waals surface area (Å²) in [7, 11) is -3.89. The third-order valence-corrected chi connectivity index (χ3v) is 5.04. The van der Waals surface area contributed by atoms with Gasteiger partial charge >= 0.3 is 0 Å². The highest BCUT2D eigenvalue weighted by Crippen LogP contribution is 2.29. The molecule has 0 aliphatic rings. The normalized spacial score (nSPS) is 11.1. The summed E-state index contributed by atoms with van der Waals surface area (Å²) in [6, 6.07) is 9.57. The molecule has 5 nitrogen and oxygen atoms in total. The minimum absolute atomic E-state index is 0.0247. The summed E-state index contributed by atoms with van der Waals surface area (Å²) >= 11 is 1.38. The van der Waals surface area contributed by atoms with E-state index >= 15 is 0 Å². The van der Waals surface area contributed by atoms with E-state index in [9.17, 15) is 17.6 Å². The monoisotopic (exact) mass is 354 g/mol. The maximum atomic E-state index is 13.2. The predicted molar refractivity (Wildman–Crippen MR) is 89.7 cm³/mol. The molecule has 8 heteroatoms. The molecule has 0 radical (unpaired) electrons. The Morgan fingerprint density at radius 2 is 1.91 bits per heavy atom. The van der Waals surface area contributed by atoms with Gasteiger partial charge in [0.15, 0.2) is 0 Å². The van der Waals surface area contributed by atoms with E-state index in [1.54, 1.807) is 6.07 Å². The number of halogens is 1. The van der Waals surface area contributed by atoms with E-state index in [0.29, 0.717) is 5.69 Å². The van der Waals surface area contributed by atoms with Crippen molar-refractivity contribution >= 4 is 39.1 Å². The molecule has 0 saturated carbocycles. The average Bonchev–Trinajstić information content (AvgIpc) is 2.46. The molecule has 0 aliphatic carbocycles. The number of sulfonamides is 1. The molecule has 0 heterocycles. The fraction of sp³-hybridized carbons (Fsp3) is 0.133. The van der Waals surface area contributed by atoms with E-state index in [1.165, 1.54) is 49.0 Å². The van der Waals surface area contributed by atoms with Crippen LogP contribution in [0.4, 0.5) is 15.8 Å². The largest absolute Gasteiger partial charge is 0.325 e. The Balaban J connectivity index is 2.37. The molecule has 1 amide bonds. The van der Waals surface area contributed by atoms with Crippen LogP contribution in [0.1, 0.15) is 6.92 Å². The first kappa shape index (κ1) is 17.3. The van der Waals surface area contributed by atoms with Crippen LogP contribution in [-0.2, 0) is 14.8 Å². The van der Waals surface area contributed by atoms with Crippen LogP contribution in [0.15, 0.2) is 52.3 Å². The second kappa shape index (κ2) is 7.01. The second-order valence-corrected chi connectivity index (χ2v) is 7.19. The first-order valence-electron chi connectivity index (χ1n) is 6.56. The van der Waals surface area contributed by atoms with Gasteiger partial charge in [0.2, 0.25) is 5.91 Å². The molecule has 2 rings (SSSR count). The highest BCUT2D eigenvalue weighted by Gasteiger charge is 2.17. The molecule has 0 spiro atoms. The van der Waals surface area contributed by atoms with Crippen molar-refractivity contribution in [1.82, 2.24) is 0 Å². The summed E-state index contributed by atoms with van der Waals surface area (Å²) in [6.45, 7) is 1.34. The van der Waals surface area contributed by atoms with Crippen molar-refractivity contribution in [2.24, 2.45) is 0 Å². The lowest BCUT2D eigenvalue weighted by Gasteiger charge is -2.12. The zero-order valence-corrected chi connectivity index (χ0v) is 14.1. The maximum Gasteiger partial charge on any atom is 0.261 e. The Bertz CT molecular complexity index is 838. The zero-order valence-electron chi connectivity index (χ0n) is 12.5. The lowest BCUT2D eigenvalue weighted by Crippen LogP contribution is -2.14. The quantitative estimate of drug-likeness (QED) is 0.808. The van der Waals surface area contributed by atoms with Gasteiger partial charge in [0.25, 0.3) is 10.0 Å². The van der Waals surface area contributed by atoms with Gasteiger partial charge in [-0.15, -0.1) is 11.8 Å². The van der Waals surface area contributed by atoms with Crippen LogP contribution in [0.5, 0.6) is 0 Å². The van der Waals surface area contributed by atoms with Crippen molar-refractivity contribution in [1.29, 1.82) is 0 Å². The minimum Gasteiger partial charge on any atom is -0.325 e. The van der Waals surface area contributed by atoms with Gasteiger partial charge in [-0.3, -0.25) is 9.52 Å². The van der Waals surface area contributed by atoms with E-state index < -0.39 is 15.8 Å². The minimum atomic E-state index is -3.89. The Morgan fingerprint density at radius 1 is 1.17 bits per heavy atom. The van der Waals surface area contributed by atoms with Gasteiger partial charge in [-0.25, -0.2) is 12.8 Å². The van der Waals surface area contributed by atoms with Gasteiger partial charge in [0.05, 0.1) is 16.3 Å². The Labute approximate surface area is 138 Å². The van der Waals surface area contributed by atoms with Crippen LogP contribution < -0.4 is 10.0 Å². The first-order chi connectivity index (χ1) is 10.8. The van der Waals surface area contributed by atoms with Crippen molar-refractivity contribution < 1.29 is 17.6 Å². The van der Waals surface area contributed by atoms with Crippen molar-refractivity contribution in [2.45, 2.75) is 16.7 Å². The number of nitrogens with one attached hydrogen (secondary N) is 2. The van der Waals surface area contributed by atoms with E-state index in [-0.39, 0.29) is 16.5 Å². The van der Waals surface area contributed by atoms with Gasteiger partial charge in [-0.1, -0.05) is 6.07 Å². The maximum absolute atomic E-state index is 13.2. The number of hydrogen-bond acceptors (Lipinski definition) is 4. The lowest BCUT2D eigenvalue weighted by molar-refractivity contribution is -0.114. The number of amides is 1. The summed E-state index contributed by atoms with van der Waals surface area (Å²) in [5, 5.41) is 2.60. The molecule has 23 heavy (non-hydrogen) atoms. The summed E-state index contributed by atoms with van der Waals surface area (Å²) < 4.78 is 40.3. The highest BCUT2D eigenvalue weighted by atomic mass is 32.2. The number of benzene rings is 2. The molecular weight excluding hydrogens is 339 g/mol. The molecule has 0 saturated heterocycles. The molecule has 2 aromatic carbocycles. The third-order valence-electron chi connectivity index (χ3n) is 2.87. The van der Waals surface area contributed by atoms with Crippen LogP contribution in [0.2, 0.25) is 0 Å². The Kier molecular flexibility index (Phi) is 5.27. The van der Waals surface area contributed by atoms with Gasteiger partial charge < -0.3 is 5.32 Å². The Morgan fingerprint density at radius 3 is 2.52 bits per heavy atom. The smallest absolute Gasteiger partial charge is 0.261 e. The summed E-state index contributed by atoms with van der Waals surface area (Å²) in [4.78, 5) is 12.0. The zero-order chi connectivity index (χ0) is 17.0. The number of hydrogen-bond donors (Lipinski definition) is 2. The summed E-state index contributed by atoms with van der Waals surface area (Å²) in [6.07, 6.45) is 1.82. The van der Waals surface area contributed by atoms with E-state index in [0.717, 1.165) is 11.0 Å². The average molecular weight is 354 g/mol. The number of rotatable bonds is 5. The topological polar surface area (TPSA) is 75.3 Å². The number of thioether (sulfide) groups is 1. The van der Waals surface area contributed by atoms with Gasteiger partial charge in [-0.2, -0.15) is 0 Å². The highest BCUT2D eigenvalue weighted by molar-refractivity contribution is 7.98. The van der Waals surface area contributed by atoms with Crippen molar-refractivity contribution in [3.8, 4) is 0 Å². The van der Waals surface area contributed by atoms with Crippen LogP contribution >= 0.6 is 11.8 Å². The molecule has 2 N–H and O–H groups in total. The fourth-order valence-electron chi connectivity index (χ4n) is 1.91. The van der Waals surface area contributed by atoms with Crippen LogP contribution in [0.25, 0.3) is 0 Å². The number of carbonyl (C=O) groups is 1. The van der Waals surface area contributed by atoms with Crippen molar-refractivity contribution in [3.05, 3.63) is 48.3 Å². The Hall–Kier alpha value is -2.06. The number of carbonyl (C=O) groups excluding carboxylic acids is 1. The molecule has 0 atom stereocenters. The predicted octanol–water partition coefficient (Wildman–Crippen LogP) is 3.31. The third kappa shape index (κ3) is 4.46. The van der Waals surface area contributed by atoms with Crippen molar-refractivity contribution in [3.63, 3.8) is 0 Å². The van der Waals surface area contributed by atoms with Crippen LogP contribution in [-0.4, -0.2) is 20.6 Å². The van der Waals surface area contributed by atoms with Crippen LogP contribution in [0.3, 0.4) is 0 Å². The molecule has 0 fully saturated rings. The summed E-state index contributed by atoms with van der Waals surface area (Å²) in [5.74, 6) is -0.838. The van der Waals surface area contributed by atoms with Crippen molar-refractivity contribution in [2.75, 3.05) is 16.3 Å². The molecule has 0 aromatic heterocycles. The van der Waals surface area contributed by atoms with Gasteiger partial charge in [0.1, 0.15) is 5.82 Å². The second-order valence-electron chi connectivity index (χ2n) is 4.66. The molecule has 2 aromatic rings. The summed E-state index contributed by atoms with van der Waals surface area (Å²) in [5.41, 5.74) is 0.534.